The number of nitrogens with one attached hydrogen (secondary N) is 1. The molecule has 2 aromatic rings. The van der Waals surface area contributed by atoms with Crippen molar-refractivity contribution in [2.24, 2.45) is 5.92 Å². The lowest BCUT2D eigenvalue weighted by molar-refractivity contribution is -0.122. The van der Waals surface area contributed by atoms with Gasteiger partial charge in [0, 0.05) is 26.1 Å². The van der Waals surface area contributed by atoms with Gasteiger partial charge in [0.1, 0.15) is 12.7 Å². The number of hydrogen-bond acceptors (Lipinski definition) is 4. The van der Waals surface area contributed by atoms with Crippen LogP contribution in [0.5, 0.6) is 0 Å². The van der Waals surface area contributed by atoms with E-state index in [-0.39, 0.29) is 11.9 Å². The number of rotatable bonds is 7. The van der Waals surface area contributed by atoms with Gasteiger partial charge in [-0.05, 0) is 37.8 Å². The van der Waals surface area contributed by atoms with Gasteiger partial charge in [-0.25, -0.2) is 4.98 Å². The molecule has 1 amide bonds. The van der Waals surface area contributed by atoms with Crippen LogP contribution in [0.25, 0.3) is 0 Å². The topological polar surface area (TPSA) is 63.1 Å². The highest BCUT2D eigenvalue weighted by Crippen LogP contribution is 2.18. The molecule has 0 spiro atoms. The van der Waals surface area contributed by atoms with Gasteiger partial charge in [0.05, 0.1) is 6.04 Å². The molecule has 2 heterocycles. The fourth-order valence-electron chi connectivity index (χ4n) is 3.49. The number of nitrogens with zero attached hydrogens (tertiary/aromatic N) is 4. The Kier molecular flexibility index (Phi) is 6.17. The van der Waals surface area contributed by atoms with Crippen LogP contribution in [0.2, 0.25) is 0 Å². The minimum Gasteiger partial charge on any atom is -0.350 e. The molecule has 0 saturated carbocycles. The number of amides is 1. The smallest absolute Gasteiger partial charge is 0.221 e. The standard InChI is InChI=1S/C19H27N5O/c1-16(18-7-3-2-4-8-18)22-19(25)9-11-23-10-5-6-17(12-23)13-24-15-20-14-21-24/h2-4,7-8,14-17H,5-6,9-13H2,1H3,(H,22,25)/t16-,17-/m1/s1. The molecule has 134 valence electrons. The lowest BCUT2D eigenvalue weighted by Crippen LogP contribution is -2.39. The molecule has 1 aromatic heterocycles. The second kappa shape index (κ2) is 8.76. The van der Waals surface area contributed by atoms with Gasteiger partial charge in [0.25, 0.3) is 0 Å². The van der Waals surface area contributed by atoms with E-state index >= 15 is 0 Å². The van der Waals surface area contributed by atoms with Crippen LogP contribution in [0.15, 0.2) is 43.0 Å². The van der Waals surface area contributed by atoms with Crippen LogP contribution in [-0.4, -0.2) is 45.2 Å². The van der Waals surface area contributed by atoms with Crippen LogP contribution in [-0.2, 0) is 11.3 Å². The molecule has 3 rings (SSSR count). The summed E-state index contributed by atoms with van der Waals surface area (Å²) in [6, 6.07) is 10.1. The normalized spacial score (nSPS) is 19.5. The fourth-order valence-corrected chi connectivity index (χ4v) is 3.49. The Hall–Kier alpha value is -2.21. The number of aromatic nitrogens is 3. The monoisotopic (exact) mass is 341 g/mol. The van der Waals surface area contributed by atoms with Crippen molar-refractivity contribution in [2.45, 2.75) is 38.8 Å². The Bertz CT molecular complexity index is 643. The van der Waals surface area contributed by atoms with E-state index in [0.29, 0.717) is 12.3 Å². The average molecular weight is 341 g/mol. The number of benzene rings is 1. The van der Waals surface area contributed by atoms with Crippen molar-refractivity contribution in [1.29, 1.82) is 0 Å². The van der Waals surface area contributed by atoms with Gasteiger partial charge in [-0.3, -0.25) is 9.48 Å². The highest BCUT2D eigenvalue weighted by Gasteiger charge is 2.21. The zero-order valence-electron chi connectivity index (χ0n) is 14.8. The molecule has 1 aliphatic rings. The lowest BCUT2D eigenvalue weighted by atomic mass is 9.98. The Morgan fingerprint density at radius 1 is 1.36 bits per heavy atom. The minimum absolute atomic E-state index is 0.0510. The van der Waals surface area contributed by atoms with Crippen LogP contribution in [0.4, 0.5) is 0 Å². The molecule has 1 fully saturated rings. The third kappa shape index (κ3) is 5.39. The Labute approximate surface area is 149 Å². The van der Waals surface area contributed by atoms with Crippen LogP contribution in [0, 0.1) is 5.92 Å². The summed E-state index contributed by atoms with van der Waals surface area (Å²) in [5.41, 5.74) is 1.14. The van der Waals surface area contributed by atoms with Crippen molar-refractivity contribution in [3.05, 3.63) is 48.5 Å². The molecule has 0 bridgehead atoms. The summed E-state index contributed by atoms with van der Waals surface area (Å²) >= 11 is 0. The molecule has 1 saturated heterocycles. The third-order valence-electron chi connectivity index (χ3n) is 4.85. The minimum atomic E-state index is 0.0510. The number of hydrogen-bond donors (Lipinski definition) is 1. The SMILES string of the molecule is C[C@@H](NC(=O)CCN1CCC[C@@H](Cn2cncn2)C1)c1ccccc1. The maximum atomic E-state index is 12.2. The number of likely N-dealkylation sites (tertiary alicyclic amines) is 1. The van der Waals surface area contributed by atoms with Crippen molar-refractivity contribution in [3.8, 4) is 0 Å². The first-order valence-corrected chi connectivity index (χ1v) is 9.10. The maximum Gasteiger partial charge on any atom is 0.221 e. The summed E-state index contributed by atoms with van der Waals surface area (Å²) in [5, 5.41) is 7.29. The van der Waals surface area contributed by atoms with Gasteiger partial charge >= 0.3 is 0 Å². The fraction of sp³-hybridized carbons (Fsp3) is 0.526. The predicted molar refractivity (Wildman–Crippen MR) is 96.8 cm³/mol. The van der Waals surface area contributed by atoms with E-state index in [0.717, 1.165) is 31.7 Å². The zero-order valence-corrected chi connectivity index (χ0v) is 14.8. The van der Waals surface area contributed by atoms with E-state index in [1.807, 2.05) is 41.9 Å². The second-order valence-electron chi connectivity index (χ2n) is 6.88. The van der Waals surface area contributed by atoms with Crippen LogP contribution < -0.4 is 5.32 Å². The van der Waals surface area contributed by atoms with Crippen LogP contribution >= 0.6 is 0 Å². The summed E-state index contributed by atoms with van der Waals surface area (Å²) in [6.45, 7) is 5.87. The van der Waals surface area contributed by atoms with E-state index in [4.69, 9.17) is 0 Å². The molecule has 1 aromatic carbocycles. The van der Waals surface area contributed by atoms with Gasteiger partial charge in [-0.2, -0.15) is 5.10 Å². The molecule has 6 nitrogen and oxygen atoms in total. The van der Waals surface area contributed by atoms with Crippen molar-refractivity contribution < 1.29 is 4.79 Å². The van der Waals surface area contributed by atoms with E-state index in [2.05, 4.69) is 20.3 Å². The number of carbonyl (C=O) groups excluding carboxylic acids is 1. The van der Waals surface area contributed by atoms with Crippen LogP contribution in [0.3, 0.4) is 0 Å². The summed E-state index contributed by atoms with van der Waals surface area (Å²) in [4.78, 5) is 18.7. The van der Waals surface area contributed by atoms with E-state index < -0.39 is 0 Å². The first kappa shape index (κ1) is 17.6. The lowest BCUT2D eigenvalue weighted by Gasteiger charge is -2.32. The van der Waals surface area contributed by atoms with Crippen molar-refractivity contribution in [3.63, 3.8) is 0 Å². The first-order chi connectivity index (χ1) is 12.2. The van der Waals surface area contributed by atoms with Gasteiger partial charge in [-0.1, -0.05) is 30.3 Å². The Balaban J connectivity index is 1.40. The largest absolute Gasteiger partial charge is 0.350 e. The highest BCUT2D eigenvalue weighted by atomic mass is 16.1. The number of piperidine rings is 1. The molecule has 1 N–H and O–H groups in total. The van der Waals surface area contributed by atoms with E-state index in [1.54, 1.807) is 12.7 Å². The molecule has 2 atom stereocenters. The van der Waals surface area contributed by atoms with Gasteiger partial charge in [0.15, 0.2) is 0 Å². The van der Waals surface area contributed by atoms with E-state index in [9.17, 15) is 4.79 Å². The zero-order chi connectivity index (χ0) is 17.5. The molecule has 0 radical (unpaired) electrons. The second-order valence-corrected chi connectivity index (χ2v) is 6.88. The van der Waals surface area contributed by atoms with Gasteiger partial charge in [-0.15, -0.1) is 0 Å². The molecule has 6 heteroatoms. The molecular formula is C19H27N5O. The van der Waals surface area contributed by atoms with Crippen molar-refractivity contribution in [2.75, 3.05) is 19.6 Å². The van der Waals surface area contributed by atoms with E-state index in [1.165, 1.54) is 12.8 Å². The average Bonchev–Trinajstić information content (AvgIpc) is 3.14. The molecular weight excluding hydrogens is 314 g/mol. The Morgan fingerprint density at radius 3 is 2.96 bits per heavy atom. The third-order valence-corrected chi connectivity index (χ3v) is 4.85. The predicted octanol–water partition coefficient (Wildman–Crippen LogP) is 2.26. The van der Waals surface area contributed by atoms with Gasteiger partial charge < -0.3 is 10.2 Å². The van der Waals surface area contributed by atoms with Crippen molar-refractivity contribution in [1.82, 2.24) is 25.0 Å². The molecule has 1 aliphatic heterocycles. The maximum absolute atomic E-state index is 12.2. The highest BCUT2D eigenvalue weighted by molar-refractivity contribution is 5.76. The summed E-state index contributed by atoms with van der Waals surface area (Å²) in [6.07, 6.45) is 6.30. The molecule has 0 aliphatic carbocycles. The molecule has 25 heavy (non-hydrogen) atoms. The quantitative estimate of drug-likeness (QED) is 0.839. The summed E-state index contributed by atoms with van der Waals surface area (Å²) in [5.74, 6) is 0.705. The molecule has 0 unspecified atom stereocenters. The summed E-state index contributed by atoms with van der Waals surface area (Å²) in [7, 11) is 0. The summed E-state index contributed by atoms with van der Waals surface area (Å²) < 4.78 is 1.91. The van der Waals surface area contributed by atoms with Gasteiger partial charge in [0.2, 0.25) is 5.91 Å². The number of carbonyl (C=O) groups is 1. The van der Waals surface area contributed by atoms with Crippen molar-refractivity contribution >= 4 is 5.91 Å². The Morgan fingerprint density at radius 2 is 2.20 bits per heavy atom. The van der Waals surface area contributed by atoms with Crippen LogP contribution in [0.1, 0.15) is 37.8 Å². The first-order valence-electron chi connectivity index (χ1n) is 9.10.